The van der Waals surface area contributed by atoms with Crippen LogP contribution in [0.5, 0.6) is 5.75 Å². The third-order valence-corrected chi connectivity index (χ3v) is 3.53. The molecule has 1 aromatic carbocycles. The van der Waals surface area contributed by atoms with E-state index in [1.165, 1.54) is 6.92 Å². The van der Waals surface area contributed by atoms with Crippen molar-refractivity contribution >= 4 is 16.9 Å². The lowest BCUT2D eigenvalue weighted by Crippen LogP contribution is -2.22. The zero-order valence-electron chi connectivity index (χ0n) is 12.5. The molecule has 3 aromatic rings. The second-order valence-corrected chi connectivity index (χ2v) is 5.02. The summed E-state index contributed by atoms with van der Waals surface area (Å²) in [7, 11) is 1.63. The number of hydrogen-bond donors (Lipinski definition) is 1. The topological polar surface area (TPSA) is 64.6 Å². The minimum absolute atomic E-state index is 0.0366. The van der Waals surface area contributed by atoms with Crippen LogP contribution < -0.4 is 10.1 Å². The van der Waals surface area contributed by atoms with Crippen LogP contribution in [0.4, 0.5) is 0 Å². The molecule has 22 heavy (non-hydrogen) atoms. The Labute approximate surface area is 127 Å². The molecule has 0 aliphatic carbocycles. The highest BCUT2D eigenvalue weighted by molar-refractivity contribution is 5.88. The molecular weight excluding hydrogens is 282 g/mol. The van der Waals surface area contributed by atoms with E-state index in [1.807, 2.05) is 24.3 Å². The Morgan fingerprint density at radius 3 is 2.86 bits per heavy atom. The Morgan fingerprint density at radius 1 is 1.32 bits per heavy atom. The van der Waals surface area contributed by atoms with Gasteiger partial charge in [-0.15, -0.1) is 0 Å². The number of furan rings is 2. The molecule has 0 spiro atoms. The van der Waals surface area contributed by atoms with Gasteiger partial charge in [-0.3, -0.25) is 4.79 Å². The molecule has 0 saturated heterocycles. The molecule has 1 amide bonds. The summed E-state index contributed by atoms with van der Waals surface area (Å²) in [6, 6.07) is 7.57. The zero-order valence-corrected chi connectivity index (χ0v) is 12.5. The van der Waals surface area contributed by atoms with Crippen molar-refractivity contribution in [1.29, 1.82) is 0 Å². The number of ether oxygens (including phenoxy) is 1. The van der Waals surface area contributed by atoms with Gasteiger partial charge in [-0.1, -0.05) is 0 Å². The molecule has 1 N–H and O–H groups in total. The molecule has 0 bridgehead atoms. The van der Waals surface area contributed by atoms with Crippen molar-refractivity contribution in [3.63, 3.8) is 0 Å². The molecule has 0 saturated carbocycles. The van der Waals surface area contributed by atoms with Crippen LogP contribution >= 0.6 is 0 Å². The van der Waals surface area contributed by atoms with Gasteiger partial charge in [0.05, 0.1) is 25.2 Å². The molecular formula is C17H17NO4. The molecule has 3 rings (SSSR count). The smallest absolute Gasteiger partial charge is 0.216 e. The molecule has 2 aromatic heterocycles. The van der Waals surface area contributed by atoms with Gasteiger partial charge in [0.25, 0.3) is 0 Å². The number of methoxy groups -OCH3 is 1. The predicted octanol–water partition coefficient (Wildman–Crippen LogP) is 3.38. The third-order valence-electron chi connectivity index (χ3n) is 3.53. The van der Waals surface area contributed by atoms with Gasteiger partial charge in [0.2, 0.25) is 5.91 Å². The standard InChI is InChI=1S/C17H17NO4/c1-11(19)18-6-5-12-10-22-17-9-14(15-4-3-7-21-15)16(20-2)8-13(12)17/h3-4,7-10H,5-6H2,1-2H3,(H,18,19). The number of benzene rings is 1. The number of hydrogen-bond acceptors (Lipinski definition) is 4. The number of amides is 1. The second kappa shape index (κ2) is 5.97. The van der Waals surface area contributed by atoms with Gasteiger partial charge < -0.3 is 18.9 Å². The Morgan fingerprint density at radius 2 is 2.18 bits per heavy atom. The average molecular weight is 299 g/mol. The van der Waals surface area contributed by atoms with E-state index in [-0.39, 0.29) is 5.91 Å². The largest absolute Gasteiger partial charge is 0.496 e. The minimum atomic E-state index is -0.0366. The van der Waals surface area contributed by atoms with E-state index >= 15 is 0 Å². The molecule has 0 radical (unpaired) electrons. The van der Waals surface area contributed by atoms with Crippen molar-refractivity contribution in [2.24, 2.45) is 0 Å². The lowest BCUT2D eigenvalue weighted by molar-refractivity contribution is -0.118. The van der Waals surface area contributed by atoms with Gasteiger partial charge in [-0.2, -0.15) is 0 Å². The van der Waals surface area contributed by atoms with Crippen molar-refractivity contribution in [3.8, 4) is 17.1 Å². The van der Waals surface area contributed by atoms with Gasteiger partial charge >= 0.3 is 0 Å². The summed E-state index contributed by atoms with van der Waals surface area (Å²) in [5.41, 5.74) is 2.65. The maximum atomic E-state index is 10.9. The summed E-state index contributed by atoms with van der Waals surface area (Å²) in [5.74, 6) is 1.42. The minimum Gasteiger partial charge on any atom is -0.496 e. The van der Waals surface area contributed by atoms with Crippen LogP contribution in [0.15, 0.2) is 45.6 Å². The highest BCUT2D eigenvalue weighted by Crippen LogP contribution is 2.36. The van der Waals surface area contributed by atoms with E-state index in [0.29, 0.717) is 13.0 Å². The summed E-state index contributed by atoms with van der Waals surface area (Å²) < 4.78 is 16.5. The highest BCUT2D eigenvalue weighted by Gasteiger charge is 2.14. The van der Waals surface area contributed by atoms with Crippen molar-refractivity contribution in [2.75, 3.05) is 13.7 Å². The molecule has 114 valence electrons. The van der Waals surface area contributed by atoms with E-state index in [4.69, 9.17) is 13.6 Å². The number of fused-ring (bicyclic) bond motifs is 1. The molecule has 0 unspecified atom stereocenters. The Hall–Kier alpha value is -2.69. The van der Waals surface area contributed by atoms with E-state index < -0.39 is 0 Å². The number of carbonyl (C=O) groups excluding carboxylic acids is 1. The van der Waals surface area contributed by atoms with Crippen molar-refractivity contribution < 1.29 is 18.4 Å². The van der Waals surface area contributed by atoms with Crippen LogP contribution in [0.1, 0.15) is 12.5 Å². The third kappa shape index (κ3) is 2.70. The van der Waals surface area contributed by atoms with Gasteiger partial charge in [0.1, 0.15) is 17.1 Å². The van der Waals surface area contributed by atoms with Gasteiger partial charge in [-0.25, -0.2) is 0 Å². The zero-order chi connectivity index (χ0) is 15.5. The molecule has 0 aliphatic heterocycles. The van der Waals surface area contributed by atoms with Crippen LogP contribution in [0, 0.1) is 0 Å². The monoisotopic (exact) mass is 299 g/mol. The van der Waals surface area contributed by atoms with Crippen molar-refractivity contribution in [3.05, 3.63) is 42.4 Å². The van der Waals surface area contributed by atoms with Crippen LogP contribution in [0.2, 0.25) is 0 Å². The van der Waals surface area contributed by atoms with Crippen LogP contribution in [-0.4, -0.2) is 19.6 Å². The predicted molar refractivity (Wildman–Crippen MR) is 82.9 cm³/mol. The molecule has 5 heteroatoms. The van der Waals surface area contributed by atoms with Crippen LogP contribution in [0.25, 0.3) is 22.3 Å². The first-order valence-electron chi connectivity index (χ1n) is 7.05. The molecule has 2 heterocycles. The van der Waals surface area contributed by atoms with E-state index in [1.54, 1.807) is 19.6 Å². The molecule has 0 fully saturated rings. The van der Waals surface area contributed by atoms with E-state index in [9.17, 15) is 4.79 Å². The lowest BCUT2D eigenvalue weighted by Gasteiger charge is -2.07. The number of nitrogens with one attached hydrogen (secondary N) is 1. The summed E-state index contributed by atoms with van der Waals surface area (Å²) >= 11 is 0. The van der Waals surface area contributed by atoms with Crippen molar-refractivity contribution in [1.82, 2.24) is 5.32 Å². The Balaban J connectivity index is 1.96. The van der Waals surface area contributed by atoms with E-state index in [0.717, 1.165) is 33.6 Å². The normalized spacial score (nSPS) is 10.8. The summed E-state index contributed by atoms with van der Waals surface area (Å²) in [6.07, 6.45) is 4.05. The summed E-state index contributed by atoms with van der Waals surface area (Å²) in [5, 5.41) is 3.77. The molecule has 5 nitrogen and oxygen atoms in total. The fourth-order valence-corrected chi connectivity index (χ4v) is 2.47. The maximum absolute atomic E-state index is 10.9. The fraction of sp³-hybridized carbons (Fsp3) is 0.235. The maximum Gasteiger partial charge on any atom is 0.216 e. The number of carbonyl (C=O) groups is 1. The van der Waals surface area contributed by atoms with Crippen LogP contribution in [-0.2, 0) is 11.2 Å². The quantitative estimate of drug-likeness (QED) is 0.784. The highest BCUT2D eigenvalue weighted by atomic mass is 16.5. The average Bonchev–Trinajstić information content (AvgIpc) is 3.15. The van der Waals surface area contributed by atoms with E-state index in [2.05, 4.69) is 5.32 Å². The van der Waals surface area contributed by atoms with Crippen LogP contribution in [0.3, 0.4) is 0 Å². The van der Waals surface area contributed by atoms with Crippen molar-refractivity contribution in [2.45, 2.75) is 13.3 Å². The fourth-order valence-electron chi connectivity index (χ4n) is 2.47. The first-order valence-corrected chi connectivity index (χ1v) is 7.05. The Bertz CT molecular complexity index is 786. The summed E-state index contributed by atoms with van der Waals surface area (Å²) in [4.78, 5) is 10.9. The van der Waals surface area contributed by atoms with Gasteiger partial charge in [-0.05, 0) is 30.7 Å². The second-order valence-electron chi connectivity index (χ2n) is 5.02. The first kappa shape index (κ1) is 14.3. The SMILES string of the molecule is COc1cc2c(CCNC(C)=O)coc2cc1-c1ccco1. The number of rotatable bonds is 5. The summed E-state index contributed by atoms with van der Waals surface area (Å²) in [6.45, 7) is 2.08. The van der Waals surface area contributed by atoms with Gasteiger partial charge in [0, 0.05) is 24.4 Å². The first-order chi connectivity index (χ1) is 10.7. The lowest BCUT2D eigenvalue weighted by atomic mass is 10.1. The Kier molecular flexibility index (Phi) is 3.87. The van der Waals surface area contributed by atoms with Gasteiger partial charge in [0.15, 0.2) is 0 Å². The molecule has 0 aliphatic rings. The molecule has 0 atom stereocenters.